The monoisotopic (exact) mass is 362 g/mol. The van der Waals surface area contributed by atoms with E-state index in [0.29, 0.717) is 31.4 Å². The molecule has 0 spiro atoms. The molecule has 1 heterocycles. The second-order valence-corrected chi connectivity index (χ2v) is 5.73. The highest BCUT2D eigenvalue weighted by molar-refractivity contribution is 6.31. The molecular formula is C18H23ClN4O2. The number of benzene rings is 1. The number of aliphatic imine (C=N–C) groups is 1. The number of amides is 1. The zero-order valence-electron chi connectivity index (χ0n) is 14.2. The minimum atomic E-state index is -0.167. The molecule has 0 saturated heterocycles. The molecule has 2 rings (SSSR count). The van der Waals surface area contributed by atoms with E-state index in [4.69, 9.17) is 16.0 Å². The van der Waals surface area contributed by atoms with E-state index in [1.54, 1.807) is 12.3 Å². The first-order chi connectivity index (χ1) is 12.2. The van der Waals surface area contributed by atoms with Crippen molar-refractivity contribution in [2.24, 2.45) is 4.99 Å². The quantitative estimate of drug-likeness (QED) is 0.497. The van der Waals surface area contributed by atoms with Crippen molar-refractivity contribution >= 4 is 23.5 Å². The van der Waals surface area contributed by atoms with E-state index in [2.05, 4.69) is 20.9 Å². The number of nitrogens with one attached hydrogen (secondary N) is 3. The van der Waals surface area contributed by atoms with Crippen LogP contribution in [0.3, 0.4) is 0 Å². The number of carbonyl (C=O) groups excluding carboxylic acids is 1. The van der Waals surface area contributed by atoms with Crippen LogP contribution in [0.15, 0.2) is 52.1 Å². The summed E-state index contributed by atoms with van der Waals surface area (Å²) >= 11 is 6.15. The molecule has 0 unspecified atom stereocenters. The summed E-state index contributed by atoms with van der Waals surface area (Å²) in [5, 5.41) is 9.83. The Hall–Kier alpha value is -2.47. The summed E-state index contributed by atoms with van der Waals surface area (Å²) in [6.07, 6.45) is 2.35. The SMILES string of the molecule is CCNC(=NCC(=O)NCc1ccco1)NCCc1ccccc1Cl. The fourth-order valence-electron chi connectivity index (χ4n) is 2.16. The van der Waals surface area contributed by atoms with Crippen LogP contribution >= 0.6 is 11.6 Å². The smallest absolute Gasteiger partial charge is 0.242 e. The zero-order chi connectivity index (χ0) is 17.9. The van der Waals surface area contributed by atoms with Gasteiger partial charge in [0.1, 0.15) is 12.3 Å². The Bertz CT molecular complexity index is 686. The predicted octanol–water partition coefficient (Wildman–Crippen LogP) is 2.35. The molecular weight excluding hydrogens is 340 g/mol. The van der Waals surface area contributed by atoms with Crippen LogP contribution in [0.4, 0.5) is 0 Å². The molecule has 7 heteroatoms. The van der Waals surface area contributed by atoms with Gasteiger partial charge in [-0.15, -0.1) is 0 Å². The lowest BCUT2D eigenvalue weighted by atomic mass is 10.1. The molecule has 1 aromatic heterocycles. The molecule has 0 atom stereocenters. The van der Waals surface area contributed by atoms with Gasteiger partial charge in [-0.25, -0.2) is 4.99 Å². The van der Waals surface area contributed by atoms with Crippen molar-refractivity contribution < 1.29 is 9.21 Å². The van der Waals surface area contributed by atoms with Gasteiger partial charge in [-0.05, 0) is 37.1 Å². The van der Waals surface area contributed by atoms with Crippen LogP contribution in [0, 0.1) is 0 Å². The number of guanidine groups is 1. The average molecular weight is 363 g/mol. The van der Waals surface area contributed by atoms with Gasteiger partial charge in [-0.1, -0.05) is 29.8 Å². The van der Waals surface area contributed by atoms with Crippen molar-refractivity contribution in [3.8, 4) is 0 Å². The molecule has 25 heavy (non-hydrogen) atoms. The molecule has 2 aromatic rings. The van der Waals surface area contributed by atoms with Crippen molar-refractivity contribution in [2.45, 2.75) is 19.9 Å². The van der Waals surface area contributed by atoms with E-state index in [0.717, 1.165) is 17.0 Å². The third-order valence-corrected chi connectivity index (χ3v) is 3.78. The number of carbonyl (C=O) groups is 1. The zero-order valence-corrected chi connectivity index (χ0v) is 15.0. The van der Waals surface area contributed by atoms with E-state index in [1.807, 2.05) is 37.3 Å². The van der Waals surface area contributed by atoms with Gasteiger partial charge < -0.3 is 20.4 Å². The first-order valence-corrected chi connectivity index (χ1v) is 8.61. The van der Waals surface area contributed by atoms with Gasteiger partial charge in [-0.2, -0.15) is 0 Å². The fraction of sp³-hybridized carbons (Fsp3) is 0.333. The van der Waals surface area contributed by atoms with Crippen LogP contribution in [0.25, 0.3) is 0 Å². The van der Waals surface area contributed by atoms with E-state index in [9.17, 15) is 4.79 Å². The third kappa shape index (κ3) is 6.89. The van der Waals surface area contributed by atoms with Gasteiger partial charge >= 0.3 is 0 Å². The summed E-state index contributed by atoms with van der Waals surface area (Å²) in [5.74, 6) is 1.14. The Morgan fingerprint density at radius 2 is 2.00 bits per heavy atom. The minimum Gasteiger partial charge on any atom is -0.467 e. The van der Waals surface area contributed by atoms with Crippen molar-refractivity contribution in [2.75, 3.05) is 19.6 Å². The Balaban J connectivity index is 1.77. The van der Waals surface area contributed by atoms with E-state index in [-0.39, 0.29) is 12.5 Å². The van der Waals surface area contributed by atoms with Gasteiger partial charge in [0.05, 0.1) is 12.8 Å². The van der Waals surface area contributed by atoms with Crippen molar-refractivity contribution in [3.05, 3.63) is 59.0 Å². The van der Waals surface area contributed by atoms with Crippen molar-refractivity contribution in [1.82, 2.24) is 16.0 Å². The minimum absolute atomic E-state index is 0.0438. The molecule has 6 nitrogen and oxygen atoms in total. The molecule has 0 aliphatic carbocycles. The third-order valence-electron chi connectivity index (χ3n) is 3.41. The highest BCUT2D eigenvalue weighted by atomic mass is 35.5. The standard InChI is InChI=1S/C18H23ClN4O2/c1-2-20-18(21-10-9-14-6-3-4-8-16(14)19)23-13-17(24)22-12-15-7-5-11-25-15/h3-8,11H,2,9-10,12-13H2,1H3,(H,22,24)(H2,20,21,23). The van der Waals surface area contributed by atoms with E-state index >= 15 is 0 Å². The molecule has 1 amide bonds. The number of nitrogens with zero attached hydrogens (tertiary/aromatic N) is 1. The normalized spacial score (nSPS) is 11.2. The summed E-state index contributed by atoms with van der Waals surface area (Å²) in [6.45, 7) is 3.76. The largest absolute Gasteiger partial charge is 0.467 e. The lowest BCUT2D eigenvalue weighted by Crippen LogP contribution is -2.39. The molecule has 0 radical (unpaired) electrons. The summed E-state index contributed by atoms with van der Waals surface area (Å²) in [5.41, 5.74) is 1.07. The molecule has 0 fully saturated rings. The lowest BCUT2D eigenvalue weighted by Gasteiger charge is -2.11. The molecule has 134 valence electrons. The Kier molecular flexibility index (Phi) is 7.85. The maximum absolute atomic E-state index is 11.9. The number of hydrogen-bond acceptors (Lipinski definition) is 3. The first kappa shape index (κ1) is 18.9. The summed E-state index contributed by atoms with van der Waals surface area (Å²) < 4.78 is 5.17. The van der Waals surface area contributed by atoms with Crippen LogP contribution < -0.4 is 16.0 Å². The van der Waals surface area contributed by atoms with Crippen molar-refractivity contribution in [1.29, 1.82) is 0 Å². The molecule has 0 bridgehead atoms. The van der Waals surface area contributed by atoms with Crippen LogP contribution in [0.2, 0.25) is 5.02 Å². The molecule has 3 N–H and O–H groups in total. The Morgan fingerprint density at radius 1 is 1.16 bits per heavy atom. The number of halogens is 1. The van der Waals surface area contributed by atoms with Crippen LogP contribution in [0.1, 0.15) is 18.2 Å². The van der Waals surface area contributed by atoms with E-state index in [1.165, 1.54) is 0 Å². The Labute approximate surface area is 152 Å². The van der Waals surface area contributed by atoms with Gasteiger partial charge in [0.2, 0.25) is 5.91 Å². The predicted molar refractivity (Wildman–Crippen MR) is 99.7 cm³/mol. The maximum atomic E-state index is 11.9. The lowest BCUT2D eigenvalue weighted by molar-refractivity contribution is -0.119. The molecule has 0 saturated carbocycles. The van der Waals surface area contributed by atoms with Gasteiger partial charge in [0, 0.05) is 18.1 Å². The average Bonchev–Trinajstić information content (AvgIpc) is 3.13. The number of hydrogen-bond donors (Lipinski definition) is 3. The molecule has 1 aromatic carbocycles. The fourth-order valence-corrected chi connectivity index (χ4v) is 2.39. The second-order valence-electron chi connectivity index (χ2n) is 5.32. The van der Waals surface area contributed by atoms with Gasteiger partial charge in [-0.3, -0.25) is 4.79 Å². The van der Waals surface area contributed by atoms with Crippen LogP contribution in [-0.4, -0.2) is 31.5 Å². The second kappa shape index (κ2) is 10.4. The van der Waals surface area contributed by atoms with Crippen LogP contribution in [-0.2, 0) is 17.8 Å². The summed E-state index contributed by atoms with van der Waals surface area (Å²) in [4.78, 5) is 16.1. The number of rotatable bonds is 8. The number of furan rings is 1. The molecule has 0 aliphatic heterocycles. The van der Waals surface area contributed by atoms with E-state index < -0.39 is 0 Å². The highest BCUT2D eigenvalue weighted by Gasteiger charge is 2.04. The van der Waals surface area contributed by atoms with Gasteiger partial charge in [0.25, 0.3) is 0 Å². The Morgan fingerprint density at radius 3 is 2.72 bits per heavy atom. The summed E-state index contributed by atoms with van der Waals surface area (Å²) in [7, 11) is 0. The van der Waals surface area contributed by atoms with Gasteiger partial charge in [0.15, 0.2) is 5.96 Å². The maximum Gasteiger partial charge on any atom is 0.242 e. The van der Waals surface area contributed by atoms with Crippen molar-refractivity contribution in [3.63, 3.8) is 0 Å². The summed E-state index contributed by atoms with van der Waals surface area (Å²) in [6, 6.07) is 11.3. The van der Waals surface area contributed by atoms with Crippen LogP contribution in [0.5, 0.6) is 0 Å². The first-order valence-electron chi connectivity index (χ1n) is 8.23. The molecule has 0 aliphatic rings. The highest BCUT2D eigenvalue weighted by Crippen LogP contribution is 2.14. The topological polar surface area (TPSA) is 78.7 Å².